The molecule has 9 aromatic rings. The summed E-state index contributed by atoms with van der Waals surface area (Å²) < 4.78 is 0. The van der Waals surface area contributed by atoms with Crippen LogP contribution in [0.2, 0.25) is 0 Å². The topological polar surface area (TPSA) is 3.24 Å². The van der Waals surface area contributed by atoms with Crippen molar-refractivity contribution < 1.29 is 0 Å². The van der Waals surface area contributed by atoms with Gasteiger partial charge in [-0.3, -0.25) is 0 Å². The van der Waals surface area contributed by atoms with Gasteiger partial charge in [-0.2, -0.15) is 0 Å². The summed E-state index contributed by atoms with van der Waals surface area (Å²) in [5, 5.41) is 2.51. The zero-order valence-electron chi connectivity index (χ0n) is 30.7. The van der Waals surface area contributed by atoms with E-state index in [0.29, 0.717) is 0 Å². The first-order valence-electron chi connectivity index (χ1n) is 19.1. The van der Waals surface area contributed by atoms with Gasteiger partial charge in [0.2, 0.25) is 0 Å². The number of benzene rings is 9. The number of hydrogen-bond acceptors (Lipinski definition) is 1. The molecule has 1 unspecified atom stereocenters. The molecule has 0 heterocycles. The first kappa shape index (κ1) is 32.7. The monoisotopic (exact) mass is 701 g/mol. The van der Waals surface area contributed by atoms with E-state index in [0.717, 1.165) is 11.4 Å². The van der Waals surface area contributed by atoms with Gasteiger partial charge in [0.05, 0.1) is 5.69 Å². The van der Waals surface area contributed by atoms with Crippen LogP contribution in [0.5, 0.6) is 0 Å². The number of hydrogen-bond donors (Lipinski definition) is 0. The summed E-state index contributed by atoms with van der Waals surface area (Å²) in [6.07, 6.45) is 0. The molecule has 55 heavy (non-hydrogen) atoms. The maximum absolute atomic E-state index is 2.45. The van der Waals surface area contributed by atoms with E-state index in [1.807, 2.05) is 0 Å². The van der Waals surface area contributed by atoms with Gasteiger partial charge < -0.3 is 4.90 Å². The highest BCUT2D eigenvalue weighted by molar-refractivity contribution is 5.98. The van der Waals surface area contributed by atoms with Crippen LogP contribution in [0.15, 0.2) is 218 Å². The second-order valence-electron chi connectivity index (χ2n) is 14.6. The third kappa shape index (κ3) is 5.56. The molecule has 1 heteroatoms. The molecule has 0 saturated carbocycles. The lowest BCUT2D eigenvalue weighted by molar-refractivity contribution is 0.714. The van der Waals surface area contributed by atoms with Crippen LogP contribution < -0.4 is 4.90 Å². The summed E-state index contributed by atoms with van der Waals surface area (Å²) in [4.78, 5) is 2.45. The summed E-state index contributed by atoms with van der Waals surface area (Å²) in [7, 11) is 0. The highest BCUT2D eigenvalue weighted by Crippen LogP contribution is 2.56. The van der Waals surface area contributed by atoms with Gasteiger partial charge in [-0.1, -0.05) is 182 Å². The minimum Gasteiger partial charge on any atom is -0.310 e. The summed E-state index contributed by atoms with van der Waals surface area (Å²) >= 11 is 0. The summed E-state index contributed by atoms with van der Waals surface area (Å²) in [5.74, 6) is 0. The molecule has 0 fully saturated rings. The molecule has 0 aliphatic heterocycles. The fourth-order valence-electron chi connectivity index (χ4n) is 8.80. The molecule has 0 N–H and O–H groups in total. The van der Waals surface area contributed by atoms with Crippen molar-refractivity contribution in [2.24, 2.45) is 0 Å². The predicted octanol–water partition coefficient (Wildman–Crippen LogP) is 14.6. The van der Waals surface area contributed by atoms with Crippen molar-refractivity contribution in [3.8, 4) is 44.5 Å². The average molecular weight is 702 g/mol. The summed E-state index contributed by atoms with van der Waals surface area (Å²) in [5.41, 5.74) is 16.9. The van der Waals surface area contributed by atoms with Crippen LogP contribution in [-0.4, -0.2) is 0 Å². The van der Waals surface area contributed by atoms with E-state index >= 15 is 0 Å². The highest BCUT2D eigenvalue weighted by Gasteiger charge is 2.42. The summed E-state index contributed by atoms with van der Waals surface area (Å²) in [6, 6.07) is 79.7. The molecular formula is C54H39N. The lowest BCUT2D eigenvalue weighted by Crippen LogP contribution is -2.22. The van der Waals surface area contributed by atoms with Crippen molar-refractivity contribution in [3.05, 3.63) is 235 Å². The average Bonchev–Trinajstić information content (AvgIpc) is 3.54. The quantitative estimate of drug-likeness (QED) is 0.160. The Hall–Kier alpha value is -6.96. The van der Waals surface area contributed by atoms with Crippen LogP contribution in [0, 0.1) is 0 Å². The van der Waals surface area contributed by atoms with Gasteiger partial charge in [-0.05, 0) is 110 Å². The van der Waals surface area contributed by atoms with Gasteiger partial charge in [0.1, 0.15) is 0 Å². The fraction of sp³-hybridized carbons (Fsp3) is 0.0370. The van der Waals surface area contributed by atoms with Gasteiger partial charge >= 0.3 is 0 Å². The van der Waals surface area contributed by atoms with Crippen molar-refractivity contribution >= 4 is 27.8 Å². The van der Waals surface area contributed by atoms with E-state index in [1.54, 1.807) is 0 Å². The van der Waals surface area contributed by atoms with Gasteiger partial charge in [0.25, 0.3) is 0 Å². The van der Waals surface area contributed by atoms with Gasteiger partial charge in [-0.15, -0.1) is 0 Å². The predicted molar refractivity (Wildman–Crippen MR) is 232 cm³/mol. The number of fused-ring (bicyclic) bond motifs is 4. The number of anilines is 3. The minimum absolute atomic E-state index is 0.291. The molecule has 0 bridgehead atoms. The Morgan fingerprint density at radius 1 is 0.364 bits per heavy atom. The normalized spacial score (nSPS) is 14.3. The molecule has 0 spiro atoms. The molecule has 0 saturated heterocycles. The molecule has 0 amide bonds. The maximum atomic E-state index is 2.45. The molecule has 1 aliphatic rings. The largest absolute Gasteiger partial charge is 0.310 e. The SMILES string of the molecule is CC1(c2ccccc2)c2ccccc2-c2c(N(c3ccc(-c4cccc(-c5ccccc5)c4)cc3)c3ccc(-c4cccc5ccccc45)cc3)cccc21. The third-order valence-corrected chi connectivity index (χ3v) is 11.6. The Balaban J connectivity index is 1.13. The van der Waals surface area contributed by atoms with Crippen molar-refractivity contribution in [3.63, 3.8) is 0 Å². The highest BCUT2D eigenvalue weighted by atomic mass is 15.1. The number of rotatable bonds is 7. The molecule has 0 radical (unpaired) electrons. The molecule has 260 valence electrons. The lowest BCUT2D eigenvalue weighted by Gasteiger charge is -2.30. The van der Waals surface area contributed by atoms with E-state index in [9.17, 15) is 0 Å². The van der Waals surface area contributed by atoms with Crippen LogP contribution in [0.4, 0.5) is 17.1 Å². The van der Waals surface area contributed by atoms with E-state index < -0.39 is 0 Å². The molecule has 9 aromatic carbocycles. The smallest absolute Gasteiger partial charge is 0.0543 e. The van der Waals surface area contributed by atoms with E-state index in [4.69, 9.17) is 0 Å². The molecule has 0 aromatic heterocycles. The van der Waals surface area contributed by atoms with E-state index in [2.05, 4.69) is 230 Å². The Labute approximate surface area is 323 Å². The molecule has 1 nitrogen and oxygen atoms in total. The summed E-state index contributed by atoms with van der Waals surface area (Å²) in [6.45, 7) is 2.39. The van der Waals surface area contributed by atoms with Crippen molar-refractivity contribution in [2.45, 2.75) is 12.3 Å². The number of nitrogens with zero attached hydrogens (tertiary/aromatic N) is 1. The Kier molecular flexibility index (Phi) is 8.00. The second kappa shape index (κ2) is 13.5. The van der Waals surface area contributed by atoms with Crippen LogP contribution >= 0.6 is 0 Å². The fourth-order valence-corrected chi connectivity index (χ4v) is 8.80. The Bertz CT molecular complexity index is 2800. The Morgan fingerprint density at radius 2 is 0.873 bits per heavy atom. The standard InChI is InChI=1S/C54H39N/c1-54(44-21-6-3-7-22-44)50-26-11-10-24-49(50)53-51(54)27-14-28-52(53)55(46-35-31-41(32-36-46)48-25-13-18-40-17-8-9-23-47(40)48)45-33-29-39(30-34-45)43-20-12-19-42(37-43)38-15-4-2-5-16-38/h2-37H,1H3. The van der Waals surface area contributed by atoms with Gasteiger partial charge in [0, 0.05) is 22.4 Å². The van der Waals surface area contributed by atoms with Crippen LogP contribution in [0.3, 0.4) is 0 Å². The van der Waals surface area contributed by atoms with Crippen LogP contribution in [-0.2, 0) is 5.41 Å². The zero-order valence-corrected chi connectivity index (χ0v) is 30.7. The van der Waals surface area contributed by atoms with Crippen LogP contribution in [0.1, 0.15) is 23.6 Å². The minimum atomic E-state index is -0.291. The van der Waals surface area contributed by atoms with Crippen molar-refractivity contribution in [2.75, 3.05) is 4.90 Å². The Morgan fingerprint density at radius 3 is 1.62 bits per heavy atom. The first-order chi connectivity index (χ1) is 27.2. The molecule has 10 rings (SSSR count). The third-order valence-electron chi connectivity index (χ3n) is 11.6. The first-order valence-corrected chi connectivity index (χ1v) is 19.1. The van der Waals surface area contributed by atoms with Crippen LogP contribution in [0.25, 0.3) is 55.3 Å². The van der Waals surface area contributed by atoms with E-state index in [-0.39, 0.29) is 5.41 Å². The van der Waals surface area contributed by atoms with Crippen molar-refractivity contribution in [1.82, 2.24) is 0 Å². The molecular weight excluding hydrogens is 663 g/mol. The zero-order chi connectivity index (χ0) is 36.8. The molecule has 1 aliphatic carbocycles. The van der Waals surface area contributed by atoms with Gasteiger partial charge in [-0.25, -0.2) is 0 Å². The molecule has 1 atom stereocenters. The van der Waals surface area contributed by atoms with Gasteiger partial charge in [0.15, 0.2) is 0 Å². The maximum Gasteiger partial charge on any atom is 0.0543 e. The van der Waals surface area contributed by atoms with Crippen molar-refractivity contribution in [1.29, 1.82) is 0 Å². The lowest BCUT2D eigenvalue weighted by atomic mass is 9.74. The van der Waals surface area contributed by atoms with E-state index in [1.165, 1.54) is 77.7 Å². The second-order valence-corrected chi connectivity index (χ2v) is 14.6.